The summed E-state index contributed by atoms with van der Waals surface area (Å²) in [6.07, 6.45) is -1.61. The molecule has 172 valence electrons. The molecule has 4 rings (SSSR count). The summed E-state index contributed by atoms with van der Waals surface area (Å²) in [5, 5.41) is 5.86. The standard InChI is InChI=1S/C23H27F3N4OS/c24-23(25,26)16-10-20(29-14-18(31)13-28-6-5-27)19-9-15-3-4-17(30-7-1-2-8-30)12-21(15)32-22(19)11-16/h3-4,10-12,28-29H,1-2,5-9,13-14,27H2. The summed E-state index contributed by atoms with van der Waals surface area (Å²) in [7, 11) is 0. The van der Waals surface area contributed by atoms with E-state index in [2.05, 4.69) is 33.7 Å². The van der Waals surface area contributed by atoms with Crippen LogP contribution in [0.5, 0.6) is 0 Å². The number of hydrogen-bond donors (Lipinski definition) is 3. The summed E-state index contributed by atoms with van der Waals surface area (Å²) >= 11 is 1.37. The Morgan fingerprint density at radius 2 is 1.88 bits per heavy atom. The molecule has 1 fully saturated rings. The van der Waals surface area contributed by atoms with Crippen LogP contribution in [0.2, 0.25) is 0 Å². The summed E-state index contributed by atoms with van der Waals surface area (Å²) in [5.74, 6) is -0.135. The zero-order valence-electron chi connectivity index (χ0n) is 17.7. The van der Waals surface area contributed by atoms with Gasteiger partial charge in [0.05, 0.1) is 18.7 Å². The maximum Gasteiger partial charge on any atom is 0.416 e. The van der Waals surface area contributed by atoms with E-state index in [9.17, 15) is 18.0 Å². The summed E-state index contributed by atoms with van der Waals surface area (Å²) < 4.78 is 40.7. The van der Waals surface area contributed by atoms with Gasteiger partial charge >= 0.3 is 6.18 Å². The first kappa shape index (κ1) is 22.9. The minimum Gasteiger partial charge on any atom is -0.378 e. The van der Waals surface area contributed by atoms with E-state index in [1.165, 1.54) is 17.8 Å². The Labute approximate surface area is 189 Å². The third-order valence-corrected chi connectivity index (χ3v) is 6.95. The van der Waals surface area contributed by atoms with Crippen LogP contribution in [0.15, 0.2) is 40.1 Å². The van der Waals surface area contributed by atoms with Crippen molar-refractivity contribution in [3.8, 4) is 0 Å². The molecule has 0 aromatic heterocycles. The summed E-state index contributed by atoms with van der Waals surface area (Å²) in [6.45, 7) is 3.04. The highest BCUT2D eigenvalue weighted by molar-refractivity contribution is 7.99. The van der Waals surface area contributed by atoms with E-state index in [4.69, 9.17) is 5.73 Å². The van der Waals surface area contributed by atoms with Gasteiger partial charge in [0.25, 0.3) is 0 Å². The van der Waals surface area contributed by atoms with Crippen LogP contribution in [0.25, 0.3) is 0 Å². The largest absolute Gasteiger partial charge is 0.416 e. The highest BCUT2D eigenvalue weighted by atomic mass is 32.2. The maximum atomic E-state index is 13.6. The van der Waals surface area contributed by atoms with Gasteiger partial charge in [-0.2, -0.15) is 13.2 Å². The number of nitrogens with two attached hydrogens (primary N) is 1. The van der Waals surface area contributed by atoms with Crippen molar-refractivity contribution < 1.29 is 18.0 Å². The Balaban J connectivity index is 1.59. The molecule has 0 aliphatic carbocycles. The number of halogens is 3. The third kappa shape index (κ3) is 5.22. The number of benzene rings is 2. The number of nitrogens with one attached hydrogen (secondary N) is 2. The fourth-order valence-corrected chi connectivity index (χ4v) is 5.27. The number of hydrogen-bond acceptors (Lipinski definition) is 6. The first-order valence-corrected chi connectivity index (χ1v) is 11.6. The van der Waals surface area contributed by atoms with Gasteiger partial charge in [-0.1, -0.05) is 17.8 Å². The topological polar surface area (TPSA) is 70.4 Å². The van der Waals surface area contributed by atoms with E-state index >= 15 is 0 Å². The predicted molar refractivity (Wildman–Crippen MR) is 122 cm³/mol. The lowest BCUT2D eigenvalue weighted by molar-refractivity contribution is -0.137. The van der Waals surface area contributed by atoms with Crippen LogP contribution in [0.4, 0.5) is 24.5 Å². The summed E-state index contributed by atoms with van der Waals surface area (Å²) in [6, 6.07) is 8.60. The van der Waals surface area contributed by atoms with Gasteiger partial charge < -0.3 is 21.3 Å². The van der Waals surface area contributed by atoms with Crippen molar-refractivity contribution in [1.82, 2.24) is 5.32 Å². The van der Waals surface area contributed by atoms with Crippen LogP contribution >= 0.6 is 11.8 Å². The number of Topliss-reactive ketones (excluding diaryl/α,β-unsaturated/α-hetero) is 1. The lowest BCUT2D eigenvalue weighted by Gasteiger charge is -2.26. The monoisotopic (exact) mass is 464 g/mol. The van der Waals surface area contributed by atoms with E-state index in [1.54, 1.807) is 0 Å². The Morgan fingerprint density at radius 3 is 2.59 bits per heavy atom. The number of alkyl halides is 3. The van der Waals surface area contributed by atoms with Gasteiger partial charge in [0.2, 0.25) is 0 Å². The van der Waals surface area contributed by atoms with Crippen molar-refractivity contribution in [3.05, 3.63) is 47.0 Å². The third-order valence-electron chi connectivity index (χ3n) is 5.76. The number of carbonyl (C=O) groups is 1. The molecular formula is C23H27F3N4OS. The SMILES string of the molecule is NCCNCC(=O)CNc1cc(C(F)(F)F)cc2c1Cc1ccc(N3CCCC3)cc1S2. The molecule has 0 spiro atoms. The van der Waals surface area contributed by atoms with Gasteiger partial charge in [0.15, 0.2) is 5.78 Å². The van der Waals surface area contributed by atoms with Crippen molar-refractivity contribution >= 4 is 28.9 Å². The zero-order valence-corrected chi connectivity index (χ0v) is 18.5. The van der Waals surface area contributed by atoms with E-state index in [-0.39, 0.29) is 18.9 Å². The molecule has 2 heterocycles. The molecule has 32 heavy (non-hydrogen) atoms. The molecule has 2 aromatic carbocycles. The Bertz CT molecular complexity index is 990. The highest BCUT2D eigenvalue weighted by Crippen LogP contribution is 2.46. The van der Waals surface area contributed by atoms with Crippen molar-refractivity contribution in [2.75, 3.05) is 49.5 Å². The number of rotatable bonds is 8. The van der Waals surface area contributed by atoms with Gasteiger partial charge in [-0.05, 0) is 48.2 Å². The van der Waals surface area contributed by atoms with E-state index < -0.39 is 11.7 Å². The minimum absolute atomic E-state index is 0.0449. The Hall–Kier alpha value is -2.23. The van der Waals surface area contributed by atoms with Gasteiger partial charge in [-0.25, -0.2) is 0 Å². The molecule has 0 saturated carbocycles. The quantitative estimate of drug-likeness (QED) is 0.440. The Kier molecular flexibility index (Phi) is 6.97. The summed E-state index contributed by atoms with van der Waals surface area (Å²) in [5.41, 5.74) is 8.06. The van der Waals surface area contributed by atoms with Crippen molar-refractivity contribution in [3.63, 3.8) is 0 Å². The van der Waals surface area contributed by atoms with Crippen LogP contribution in [0, 0.1) is 0 Å². The molecule has 2 aromatic rings. The minimum atomic E-state index is -4.46. The second-order valence-electron chi connectivity index (χ2n) is 8.12. The molecule has 0 bridgehead atoms. The fourth-order valence-electron chi connectivity index (χ4n) is 4.09. The molecule has 0 radical (unpaired) electrons. The molecule has 1 saturated heterocycles. The number of nitrogens with zero attached hydrogens (tertiary/aromatic N) is 1. The van der Waals surface area contributed by atoms with E-state index in [0.29, 0.717) is 30.1 Å². The average Bonchev–Trinajstić information content (AvgIpc) is 3.30. The Morgan fingerprint density at radius 1 is 1.09 bits per heavy atom. The van der Waals surface area contributed by atoms with Crippen molar-refractivity contribution in [1.29, 1.82) is 0 Å². The first-order valence-electron chi connectivity index (χ1n) is 10.8. The molecule has 0 unspecified atom stereocenters. The van der Waals surface area contributed by atoms with E-state index in [0.717, 1.165) is 53.7 Å². The van der Waals surface area contributed by atoms with Gasteiger partial charge in [-0.15, -0.1) is 0 Å². The highest BCUT2D eigenvalue weighted by Gasteiger charge is 2.33. The lowest BCUT2D eigenvalue weighted by Crippen LogP contribution is -2.31. The molecular weight excluding hydrogens is 437 g/mol. The van der Waals surface area contributed by atoms with Crippen LogP contribution in [-0.4, -0.2) is 45.1 Å². The number of fused-ring (bicyclic) bond motifs is 2. The lowest BCUT2D eigenvalue weighted by atomic mass is 9.99. The van der Waals surface area contributed by atoms with Crippen LogP contribution < -0.4 is 21.3 Å². The van der Waals surface area contributed by atoms with Gasteiger partial charge in [-0.3, -0.25) is 4.79 Å². The normalized spacial score (nSPS) is 15.4. The molecule has 2 aliphatic heterocycles. The maximum absolute atomic E-state index is 13.6. The van der Waals surface area contributed by atoms with Crippen molar-refractivity contribution in [2.24, 2.45) is 5.73 Å². The number of carbonyl (C=O) groups excluding carboxylic acids is 1. The average molecular weight is 465 g/mol. The smallest absolute Gasteiger partial charge is 0.378 e. The number of anilines is 2. The predicted octanol–water partition coefficient (Wildman–Crippen LogP) is 3.89. The second kappa shape index (κ2) is 9.72. The molecule has 9 heteroatoms. The zero-order chi connectivity index (χ0) is 22.7. The molecule has 4 N–H and O–H groups in total. The van der Waals surface area contributed by atoms with Crippen molar-refractivity contribution in [2.45, 2.75) is 35.2 Å². The number of ketones is 1. The van der Waals surface area contributed by atoms with Gasteiger partial charge in [0.1, 0.15) is 0 Å². The first-order chi connectivity index (χ1) is 15.3. The van der Waals surface area contributed by atoms with Crippen LogP contribution in [0.3, 0.4) is 0 Å². The molecule has 0 atom stereocenters. The second-order valence-corrected chi connectivity index (χ2v) is 9.20. The molecule has 0 amide bonds. The molecule has 2 aliphatic rings. The van der Waals surface area contributed by atoms with Crippen LogP contribution in [0.1, 0.15) is 29.5 Å². The summed E-state index contributed by atoms with van der Waals surface area (Å²) in [4.78, 5) is 16.0. The fraction of sp³-hybridized carbons (Fsp3) is 0.435. The van der Waals surface area contributed by atoms with E-state index in [1.807, 2.05) is 0 Å². The molecule has 5 nitrogen and oxygen atoms in total. The van der Waals surface area contributed by atoms with Crippen LogP contribution in [-0.2, 0) is 17.4 Å². The van der Waals surface area contributed by atoms with Gasteiger partial charge in [0, 0.05) is 53.8 Å².